The van der Waals surface area contributed by atoms with Gasteiger partial charge in [0.05, 0.1) is 6.20 Å². The highest BCUT2D eigenvalue weighted by atomic mass is 16.5. The Labute approximate surface area is 129 Å². The minimum Gasteiger partial charge on any atom is -0.451 e. The first-order valence-electron chi connectivity index (χ1n) is 6.74. The molecule has 0 spiro atoms. The number of hydrazine groups is 1. The summed E-state index contributed by atoms with van der Waals surface area (Å²) in [5.74, 6) is 4.35. The monoisotopic (exact) mass is 298 g/mol. The summed E-state index contributed by atoms with van der Waals surface area (Å²) in [5, 5.41) is 0. The zero-order chi connectivity index (χ0) is 16.1. The fourth-order valence-electron chi connectivity index (χ4n) is 1.83. The first-order valence-corrected chi connectivity index (χ1v) is 6.74. The van der Waals surface area contributed by atoms with Gasteiger partial charge in [0, 0.05) is 24.9 Å². The number of nitrogen functional groups attached to an aromatic ring is 1. The SMILES string of the molecule is C#Cc1cc(Oc2cnc(N)nc2NNC)c(C(C)C)cn1. The Morgan fingerprint density at radius 3 is 2.68 bits per heavy atom. The summed E-state index contributed by atoms with van der Waals surface area (Å²) in [5.41, 5.74) is 12.7. The summed E-state index contributed by atoms with van der Waals surface area (Å²) >= 11 is 0. The number of aromatic nitrogens is 3. The fraction of sp³-hybridized carbons (Fsp3) is 0.267. The predicted octanol–water partition coefficient (Wildman–Crippen LogP) is 1.90. The number of nitrogens with one attached hydrogen (secondary N) is 2. The van der Waals surface area contributed by atoms with E-state index in [1.807, 2.05) is 13.8 Å². The first-order chi connectivity index (χ1) is 10.5. The van der Waals surface area contributed by atoms with Crippen LogP contribution in [0.4, 0.5) is 11.8 Å². The molecule has 4 N–H and O–H groups in total. The van der Waals surface area contributed by atoms with Crippen LogP contribution in [0.1, 0.15) is 31.0 Å². The molecule has 114 valence electrons. The Morgan fingerprint density at radius 2 is 2.05 bits per heavy atom. The number of hydrogen-bond acceptors (Lipinski definition) is 7. The lowest BCUT2D eigenvalue weighted by molar-refractivity contribution is 0.468. The molecule has 2 rings (SSSR count). The van der Waals surface area contributed by atoms with Gasteiger partial charge in [0.1, 0.15) is 11.4 Å². The van der Waals surface area contributed by atoms with Crippen molar-refractivity contribution >= 4 is 11.8 Å². The zero-order valence-corrected chi connectivity index (χ0v) is 12.7. The van der Waals surface area contributed by atoms with Gasteiger partial charge in [0.25, 0.3) is 0 Å². The van der Waals surface area contributed by atoms with Gasteiger partial charge < -0.3 is 15.9 Å². The van der Waals surface area contributed by atoms with E-state index in [9.17, 15) is 0 Å². The summed E-state index contributed by atoms with van der Waals surface area (Å²) in [4.78, 5) is 12.2. The average Bonchev–Trinajstić information content (AvgIpc) is 2.50. The smallest absolute Gasteiger partial charge is 0.222 e. The average molecular weight is 298 g/mol. The summed E-state index contributed by atoms with van der Waals surface area (Å²) in [6.45, 7) is 4.09. The van der Waals surface area contributed by atoms with E-state index < -0.39 is 0 Å². The number of hydrogen-bond donors (Lipinski definition) is 3. The van der Waals surface area contributed by atoms with Crippen molar-refractivity contribution in [2.45, 2.75) is 19.8 Å². The normalized spacial score (nSPS) is 10.3. The highest BCUT2D eigenvalue weighted by molar-refractivity contribution is 5.53. The van der Waals surface area contributed by atoms with Crippen LogP contribution in [0.3, 0.4) is 0 Å². The van der Waals surface area contributed by atoms with Crippen molar-refractivity contribution in [3.8, 4) is 23.8 Å². The Kier molecular flexibility index (Phi) is 4.76. The van der Waals surface area contributed by atoms with Crippen LogP contribution in [-0.4, -0.2) is 22.0 Å². The molecule has 7 nitrogen and oxygen atoms in total. The highest BCUT2D eigenvalue weighted by Gasteiger charge is 2.14. The van der Waals surface area contributed by atoms with Gasteiger partial charge in [-0.25, -0.2) is 15.4 Å². The van der Waals surface area contributed by atoms with Gasteiger partial charge in [0.2, 0.25) is 5.95 Å². The second-order valence-electron chi connectivity index (χ2n) is 4.82. The fourth-order valence-corrected chi connectivity index (χ4v) is 1.83. The summed E-state index contributed by atoms with van der Waals surface area (Å²) in [6, 6.07) is 1.72. The molecule has 2 aromatic heterocycles. The van der Waals surface area contributed by atoms with Crippen molar-refractivity contribution in [1.29, 1.82) is 0 Å². The third-order valence-electron chi connectivity index (χ3n) is 2.90. The van der Waals surface area contributed by atoms with E-state index in [1.54, 1.807) is 19.3 Å². The van der Waals surface area contributed by atoms with Crippen molar-refractivity contribution in [3.63, 3.8) is 0 Å². The molecule has 0 aliphatic heterocycles. The second-order valence-corrected chi connectivity index (χ2v) is 4.82. The summed E-state index contributed by atoms with van der Waals surface area (Å²) in [7, 11) is 1.71. The van der Waals surface area contributed by atoms with E-state index >= 15 is 0 Å². The minimum atomic E-state index is 0.147. The zero-order valence-electron chi connectivity index (χ0n) is 12.7. The van der Waals surface area contributed by atoms with E-state index in [2.05, 4.69) is 31.7 Å². The predicted molar refractivity (Wildman–Crippen MR) is 85.5 cm³/mol. The van der Waals surface area contributed by atoms with Crippen molar-refractivity contribution in [2.75, 3.05) is 18.2 Å². The Hall–Kier alpha value is -2.85. The molecule has 0 aliphatic rings. The highest BCUT2D eigenvalue weighted by Crippen LogP contribution is 2.33. The standard InChI is InChI=1S/C15H18N6O/c1-5-10-6-12(11(7-18-10)9(2)3)22-13-8-19-15(16)20-14(13)21-17-4/h1,6-9,17H,2-4H3,(H3,16,19,20,21). The number of terminal acetylenes is 1. The van der Waals surface area contributed by atoms with Gasteiger partial charge in [0.15, 0.2) is 11.6 Å². The van der Waals surface area contributed by atoms with Crippen molar-refractivity contribution < 1.29 is 4.74 Å². The van der Waals surface area contributed by atoms with Gasteiger partial charge >= 0.3 is 0 Å². The molecular formula is C15H18N6O. The molecule has 0 saturated carbocycles. The lowest BCUT2D eigenvalue weighted by Crippen LogP contribution is -2.17. The second kappa shape index (κ2) is 6.74. The molecule has 2 heterocycles. The maximum absolute atomic E-state index is 5.93. The maximum Gasteiger partial charge on any atom is 0.222 e. The Bertz CT molecular complexity index is 708. The molecule has 0 unspecified atom stereocenters. The van der Waals surface area contributed by atoms with Gasteiger partial charge in [-0.3, -0.25) is 0 Å². The molecule has 0 radical (unpaired) electrons. The molecule has 0 amide bonds. The summed E-state index contributed by atoms with van der Waals surface area (Å²) in [6.07, 6.45) is 8.63. The molecular weight excluding hydrogens is 280 g/mol. The van der Waals surface area contributed by atoms with E-state index in [1.165, 1.54) is 6.20 Å². The van der Waals surface area contributed by atoms with Crippen LogP contribution < -0.4 is 21.3 Å². The molecule has 2 aromatic rings. The van der Waals surface area contributed by atoms with Crippen LogP contribution in [0.2, 0.25) is 0 Å². The van der Waals surface area contributed by atoms with Crippen LogP contribution in [0, 0.1) is 12.3 Å². The largest absolute Gasteiger partial charge is 0.451 e. The quantitative estimate of drug-likeness (QED) is 0.573. The minimum absolute atomic E-state index is 0.147. The Balaban J connectivity index is 2.44. The topological polar surface area (TPSA) is 98.0 Å². The number of ether oxygens (including phenoxy) is 1. The number of anilines is 2. The van der Waals surface area contributed by atoms with Crippen LogP contribution in [0.5, 0.6) is 11.5 Å². The van der Waals surface area contributed by atoms with Gasteiger partial charge in [-0.15, -0.1) is 6.42 Å². The van der Waals surface area contributed by atoms with E-state index in [-0.39, 0.29) is 11.9 Å². The number of nitrogens with two attached hydrogens (primary N) is 1. The number of pyridine rings is 1. The maximum atomic E-state index is 5.93. The van der Waals surface area contributed by atoms with Crippen LogP contribution in [-0.2, 0) is 0 Å². The molecule has 0 fully saturated rings. The van der Waals surface area contributed by atoms with Crippen molar-refractivity contribution in [1.82, 2.24) is 20.4 Å². The molecule has 0 aliphatic carbocycles. The first kappa shape index (κ1) is 15.5. The van der Waals surface area contributed by atoms with Gasteiger partial charge in [-0.2, -0.15) is 4.98 Å². The van der Waals surface area contributed by atoms with Gasteiger partial charge in [-0.05, 0) is 5.92 Å². The summed E-state index contributed by atoms with van der Waals surface area (Å²) < 4.78 is 5.93. The molecule has 22 heavy (non-hydrogen) atoms. The molecule has 0 atom stereocenters. The Morgan fingerprint density at radius 1 is 1.27 bits per heavy atom. The molecule has 7 heteroatoms. The number of nitrogens with zero attached hydrogens (tertiary/aromatic N) is 3. The lowest BCUT2D eigenvalue weighted by atomic mass is 10.0. The van der Waals surface area contributed by atoms with Crippen molar-refractivity contribution in [3.05, 3.63) is 29.7 Å². The van der Waals surface area contributed by atoms with Crippen LogP contribution in [0.25, 0.3) is 0 Å². The van der Waals surface area contributed by atoms with Crippen LogP contribution >= 0.6 is 0 Å². The third-order valence-corrected chi connectivity index (χ3v) is 2.90. The molecule has 0 aromatic carbocycles. The lowest BCUT2D eigenvalue weighted by Gasteiger charge is -2.15. The molecule has 0 bridgehead atoms. The van der Waals surface area contributed by atoms with E-state index in [0.29, 0.717) is 23.0 Å². The van der Waals surface area contributed by atoms with Crippen molar-refractivity contribution in [2.24, 2.45) is 0 Å². The van der Waals surface area contributed by atoms with E-state index in [4.69, 9.17) is 16.9 Å². The van der Waals surface area contributed by atoms with Crippen LogP contribution in [0.15, 0.2) is 18.5 Å². The van der Waals surface area contributed by atoms with Gasteiger partial charge in [-0.1, -0.05) is 19.8 Å². The number of rotatable bonds is 5. The molecule has 0 saturated heterocycles. The van der Waals surface area contributed by atoms with E-state index in [0.717, 1.165) is 5.56 Å². The third kappa shape index (κ3) is 3.42.